The summed E-state index contributed by atoms with van der Waals surface area (Å²) in [6, 6.07) is 0. The van der Waals surface area contributed by atoms with Crippen molar-refractivity contribution in [3.63, 3.8) is 0 Å². The summed E-state index contributed by atoms with van der Waals surface area (Å²) in [4.78, 5) is 0. The molecule has 1 aliphatic rings. The van der Waals surface area contributed by atoms with Gasteiger partial charge in [-0.15, -0.1) is 0 Å². The van der Waals surface area contributed by atoms with Gasteiger partial charge < -0.3 is 5.32 Å². The van der Waals surface area contributed by atoms with Crippen molar-refractivity contribution in [2.24, 2.45) is 5.92 Å². The molecular weight excluding hydrogens is 202 g/mol. The zero-order valence-electron chi connectivity index (χ0n) is 10.3. The third kappa shape index (κ3) is 7.24. The lowest BCUT2D eigenvalue weighted by atomic mass is 9.87. The van der Waals surface area contributed by atoms with Crippen LogP contribution in [0.25, 0.3) is 0 Å². The quantitative estimate of drug-likeness (QED) is 0.637. The standard InChI is InChI=1S/C13H27NS/c1-15-12-6-5-10-14-11-9-13-7-3-2-4-8-13/h13-14H,2-12H2,1H3. The highest BCUT2D eigenvalue weighted by Gasteiger charge is 2.12. The Morgan fingerprint density at radius 1 is 1.07 bits per heavy atom. The van der Waals surface area contributed by atoms with Crippen LogP contribution in [0.2, 0.25) is 0 Å². The predicted octanol–water partition coefficient (Wildman–Crippen LogP) is 3.69. The lowest BCUT2D eigenvalue weighted by molar-refractivity contribution is 0.334. The van der Waals surface area contributed by atoms with Crippen molar-refractivity contribution >= 4 is 11.8 Å². The van der Waals surface area contributed by atoms with Crippen molar-refractivity contribution < 1.29 is 0 Å². The lowest BCUT2D eigenvalue weighted by Gasteiger charge is -2.21. The molecule has 0 spiro atoms. The van der Waals surface area contributed by atoms with E-state index in [0.717, 1.165) is 5.92 Å². The Bertz CT molecular complexity index is 132. The van der Waals surface area contributed by atoms with Crippen molar-refractivity contribution in [2.75, 3.05) is 25.1 Å². The Balaban J connectivity index is 1.79. The normalized spacial score (nSPS) is 18.2. The third-order valence-corrected chi connectivity index (χ3v) is 4.10. The topological polar surface area (TPSA) is 12.0 Å². The van der Waals surface area contributed by atoms with Crippen molar-refractivity contribution in [1.29, 1.82) is 0 Å². The fourth-order valence-corrected chi connectivity index (χ4v) is 2.90. The van der Waals surface area contributed by atoms with E-state index < -0.39 is 0 Å². The number of rotatable bonds is 8. The van der Waals surface area contributed by atoms with Crippen LogP contribution in [0.4, 0.5) is 0 Å². The minimum Gasteiger partial charge on any atom is -0.317 e. The molecule has 0 aromatic heterocycles. The molecule has 0 unspecified atom stereocenters. The number of unbranched alkanes of at least 4 members (excludes halogenated alkanes) is 1. The van der Waals surface area contributed by atoms with Crippen molar-refractivity contribution in [1.82, 2.24) is 5.32 Å². The fraction of sp³-hybridized carbons (Fsp3) is 1.00. The molecule has 1 aliphatic carbocycles. The summed E-state index contributed by atoms with van der Waals surface area (Å²) >= 11 is 1.96. The van der Waals surface area contributed by atoms with E-state index in [1.165, 1.54) is 70.2 Å². The summed E-state index contributed by atoms with van der Waals surface area (Å²) in [6.07, 6.45) is 13.8. The molecule has 0 amide bonds. The predicted molar refractivity (Wildman–Crippen MR) is 71.7 cm³/mol. The number of hydrogen-bond acceptors (Lipinski definition) is 2. The summed E-state index contributed by atoms with van der Waals surface area (Å²) in [6.45, 7) is 2.48. The maximum Gasteiger partial charge on any atom is -0.00463 e. The lowest BCUT2D eigenvalue weighted by Crippen LogP contribution is -2.20. The van der Waals surface area contributed by atoms with E-state index in [4.69, 9.17) is 0 Å². The highest BCUT2D eigenvalue weighted by atomic mass is 32.2. The highest BCUT2D eigenvalue weighted by Crippen LogP contribution is 2.25. The maximum absolute atomic E-state index is 3.58. The van der Waals surface area contributed by atoms with Gasteiger partial charge in [-0.3, -0.25) is 0 Å². The first-order chi connectivity index (χ1) is 7.43. The van der Waals surface area contributed by atoms with Crippen LogP contribution in [0, 0.1) is 5.92 Å². The Morgan fingerprint density at radius 2 is 1.87 bits per heavy atom. The van der Waals surface area contributed by atoms with E-state index in [9.17, 15) is 0 Å². The van der Waals surface area contributed by atoms with Gasteiger partial charge in [0.05, 0.1) is 0 Å². The molecule has 0 bridgehead atoms. The van der Waals surface area contributed by atoms with Crippen LogP contribution in [0.5, 0.6) is 0 Å². The minimum atomic E-state index is 1.04. The molecule has 0 radical (unpaired) electrons. The van der Waals surface area contributed by atoms with E-state index in [1.54, 1.807) is 0 Å². The maximum atomic E-state index is 3.58. The van der Waals surface area contributed by atoms with Crippen LogP contribution >= 0.6 is 11.8 Å². The molecule has 90 valence electrons. The summed E-state index contributed by atoms with van der Waals surface area (Å²) < 4.78 is 0. The molecule has 0 aliphatic heterocycles. The van der Waals surface area contributed by atoms with Crippen molar-refractivity contribution in [3.8, 4) is 0 Å². The van der Waals surface area contributed by atoms with Crippen molar-refractivity contribution in [2.45, 2.75) is 51.4 Å². The Hall–Kier alpha value is 0.310. The molecule has 0 heterocycles. The molecule has 1 nitrogen and oxygen atoms in total. The summed E-state index contributed by atoms with van der Waals surface area (Å²) in [5.74, 6) is 2.36. The van der Waals surface area contributed by atoms with Crippen LogP contribution in [0.3, 0.4) is 0 Å². The van der Waals surface area contributed by atoms with Gasteiger partial charge in [-0.05, 0) is 50.3 Å². The average molecular weight is 229 g/mol. The molecular formula is C13H27NS. The van der Waals surface area contributed by atoms with Gasteiger partial charge in [-0.25, -0.2) is 0 Å². The molecule has 0 atom stereocenters. The second-order valence-electron chi connectivity index (χ2n) is 4.74. The molecule has 1 rings (SSSR count). The second kappa shape index (κ2) is 9.53. The largest absolute Gasteiger partial charge is 0.317 e. The molecule has 2 heteroatoms. The van der Waals surface area contributed by atoms with Crippen LogP contribution in [-0.2, 0) is 0 Å². The first-order valence-corrected chi connectivity index (χ1v) is 8.02. The molecule has 15 heavy (non-hydrogen) atoms. The summed E-state index contributed by atoms with van der Waals surface area (Å²) in [7, 11) is 0. The van der Waals surface area contributed by atoms with E-state index in [-0.39, 0.29) is 0 Å². The summed E-state index contributed by atoms with van der Waals surface area (Å²) in [5, 5.41) is 3.58. The monoisotopic (exact) mass is 229 g/mol. The van der Waals surface area contributed by atoms with Gasteiger partial charge in [-0.2, -0.15) is 11.8 Å². The first-order valence-electron chi connectivity index (χ1n) is 6.63. The summed E-state index contributed by atoms with van der Waals surface area (Å²) in [5.41, 5.74) is 0. The van der Waals surface area contributed by atoms with Gasteiger partial charge in [0.25, 0.3) is 0 Å². The smallest absolute Gasteiger partial charge is 0.00463 e. The Kier molecular flexibility index (Phi) is 8.50. The van der Waals surface area contributed by atoms with Gasteiger partial charge in [0.1, 0.15) is 0 Å². The van der Waals surface area contributed by atoms with Crippen molar-refractivity contribution in [3.05, 3.63) is 0 Å². The van der Waals surface area contributed by atoms with E-state index in [2.05, 4.69) is 11.6 Å². The average Bonchev–Trinajstić information content (AvgIpc) is 2.29. The molecule has 1 saturated carbocycles. The Labute approximate surface area is 99.8 Å². The van der Waals surface area contributed by atoms with E-state index >= 15 is 0 Å². The van der Waals surface area contributed by atoms with E-state index in [1.807, 2.05) is 11.8 Å². The van der Waals surface area contributed by atoms with Crippen LogP contribution in [0.1, 0.15) is 51.4 Å². The number of hydrogen-bond donors (Lipinski definition) is 1. The van der Waals surface area contributed by atoms with Gasteiger partial charge >= 0.3 is 0 Å². The van der Waals surface area contributed by atoms with Crippen LogP contribution < -0.4 is 5.32 Å². The highest BCUT2D eigenvalue weighted by molar-refractivity contribution is 7.98. The number of thioether (sulfide) groups is 1. The van der Waals surface area contributed by atoms with Crippen LogP contribution in [-0.4, -0.2) is 25.1 Å². The van der Waals surface area contributed by atoms with Gasteiger partial charge in [0, 0.05) is 0 Å². The SMILES string of the molecule is CSCCCCNCCC1CCCCC1. The first kappa shape index (κ1) is 13.4. The minimum absolute atomic E-state index is 1.04. The van der Waals surface area contributed by atoms with Gasteiger partial charge in [-0.1, -0.05) is 32.1 Å². The third-order valence-electron chi connectivity index (χ3n) is 3.41. The molecule has 1 fully saturated rings. The second-order valence-corrected chi connectivity index (χ2v) is 5.73. The molecule has 1 N–H and O–H groups in total. The molecule has 0 aromatic rings. The molecule has 0 saturated heterocycles. The Morgan fingerprint density at radius 3 is 2.60 bits per heavy atom. The zero-order chi connectivity index (χ0) is 10.8. The van der Waals surface area contributed by atoms with Gasteiger partial charge in [0.15, 0.2) is 0 Å². The fourth-order valence-electron chi connectivity index (χ4n) is 2.40. The van der Waals surface area contributed by atoms with E-state index in [0.29, 0.717) is 0 Å². The van der Waals surface area contributed by atoms with Crippen LogP contribution in [0.15, 0.2) is 0 Å². The zero-order valence-corrected chi connectivity index (χ0v) is 11.1. The van der Waals surface area contributed by atoms with Gasteiger partial charge in [0.2, 0.25) is 0 Å². The number of nitrogens with one attached hydrogen (secondary N) is 1. The molecule has 0 aromatic carbocycles.